The molecule has 0 amide bonds. The van der Waals surface area contributed by atoms with E-state index in [1.807, 2.05) is 12.1 Å². The van der Waals surface area contributed by atoms with Crippen molar-refractivity contribution in [2.24, 2.45) is 5.92 Å². The number of carboxylic acids is 1. The standard InChI is InChI=1S/C19H20BrNO2/c20-17-8-4-7-16(13-17)18(14-5-2-1-3-6-14)21-11-9-15(10-12-21)19(22)23/h1-8,13,15,18H,9-12H2,(H,22,23). The summed E-state index contributed by atoms with van der Waals surface area (Å²) in [6, 6.07) is 19.0. The molecule has 1 N–H and O–H groups in total. The number of hydrogen-bond acceptors (Lipinski definition) is 2. The third-order valence-electron chi connectivity index (χ3n) is 4.52. The molecule has 3 rings (SSSR count). The van der Waals surface area contributed by atoms with E-state index in [0.29, 0.717) is 12.8 Å². The number of aliphatic carboxylic acids is 1. The largest absolute Gasteiger partial charge is 0.481 e. The lowest BCUT2D eigenvalue weighted by Gasteiger charge is -2.37. The number of piperidine rings is 1. The molecule has 0 spiro atoms. The third kappa shape index (κ3) is 3.82. The molecule has 1 saturated heterocycles. The summed E-state index contributed by atoms with van der Waals surface area (Å²) in [5.41, 5.74) is 2.48. The molecule has 1 aliphatic rings. The zero-order valence-corrected chi connectivity index (χ0v) is 14.4. The van der Waals surface area contributed by atoms with Gasteiger partial charge in [-0.05, 0) is 49.2 Å². The van der Waals surface area contributed by atoms with Gasteiger partial charge in [-0.15, -0.1) is 0 Å². The molecule has 1 fully saturated rings. The molecule has 0 aromatic heterocycles. The van der Waals surface area contributed by atoms with Crippen LogP contribution >= 0.6 is 15.9 Å². The third-order valence-corrected chi connectivity index (χ3v) is 5.02. The SMILES string of the molecule is O=C(O)C1CCN(C(c2ccccc2)c2cccc(Br)c2)CC1. The Kier molecular flexibility index (Phi) is 5.13. The molecule has 23 heavy (non-hydrogen) atoms. The van der Waals surface area contributed by atoms with Gasteiger partial charge in [0.05, 0.1) is 12.0 Å². The Morgan fingerprint density at radius 3 is 2.30 bits per heavy atom. The topological polar surface area (TPSA) is 40.5 Å². The second-order valence-corrected chi connectivity index (χ2v) is 6.93. The maximum absolute atomic E-state index is 11.2. The predicted octanol–water partition coefficient (Wildman–Crippen LogP) is 4.34. The minimum atomic E-state index is -0.664. The molecule has 1 unspecified atom stereocenters. The highest BCUT2D eigenvalue weighted by molar-refractivity contribution is 9.10. The van der Waals surface area contributed by atoms with Crippen molar-refractivity contribution in [3.8, 4) is 0 Å². The number of nitrogens with zero attached hydrogens (tertiary/aromatic N) is 1. The van der Waals surface area contributed by atoms with Crippen LogP contribution in [0.25, 0.3) is 0 Å². The van der Waals surface area contributed by atoms with Crippen LogP contribution in [0.1, 0.15) is 30.0 Å². The lowest BCUT2D eigenvalue weighted by atomic mass is 9.91. The van der Waals surface area contributed by atoms with Crippen LogP contribution in [0.3, 0.4) is 0 Å². The molecule has 4 heteroatoms. The Bertz CT molecular complexity index is 666. The maximum atomic E-state index is 11.2. The van der Waals surface area contributed by atoms with Crippen molar-refractivity contribution in [2.45, 2.75) is 18.9 Å². The number of carbonyl (C=O) groups is 1. The molecule has 3 nitrogen and oxygen atoms in total. The lowest BCUT2D eigenvalue weighted by Crippen LogP contribution is -2.39. The fraction of sp³-hybridized carbons (Fsp3) is 0.316. The summed E-state index contributed by atoms with van der Waals surface area (Å²) in [5, 5.41) is 9.21. The van der Waals surface area contributed by atoms with Crippen molar-refractivity contribution in [1.82, 2.24) is 4.90 Å². The zero-order valence-electron chi connectivity index (χ0n) is 12.9. The first kappa shape index (κ1) is 16.2. The van der Waals surface area contributed by atoms with Gasteiger partial charge in [-0.3, -0.25) is 9.69 Å². The first-order valence-electron chi connectivity index (χ1n) is 7.92. The van der Waals surface area contributed by atoms with Crippen LogP contribution in [0.15, 0.2) is 59.1 Å². The summed E-state index contributed by atoms with van der Waals surface area (Å²) >= 11 is 3.56. The summed E-state index contributed by atoms with van der Waals surface area (Å²) < 4.78 is 1.07. The highest BCUT2D eigenvalue weighted by Gasteiger charge is 2.30. The van der Waals surface area contributed by atoms with Gasteiger partial charge in [0.15, 0.2) is 0 Å². The summed E-state index contributed by atoms with van der Waals surface area (Å²) in [4.78, 5) is 13.6. The minimum Gasteiger partial charge on any atom is -0.481 e. The van der Waals surface area contributed by atoms with Crippen LogP contribution in [0.2, 0.25) is 0 Å². The molecule has 0 radical (unpaired) electrons. The fourth-order valence-electron chi connectivity index (χ4n) is 3.33. The lowest BCUT2D eigenvalue weighted by molar-refractivity contribution is -0.143. The van der Waals surface area contributed by atoms with Crippen LogP contribution in [0, 0.1) is 5.92 Å². The van der Waals surface area contributed by atoms with E-state index >= 15 is 0 Å². The van der Waals surface area contributed by atoms with E-state index in [-0.39, 0.29) is 12.0 Å². The Hall–Kier alpha value is -1.65. The van der Waals surface area contributed by atoms with Gasteiger partial charge >= 0.3 is 5.97 Å². The van der Waals surface area contributed by atoms with Crippen molar-refractivity contribution in [1.29, 1.82) is 0 Å². The van der Waals surface area contributed by atoms with Crippen LogP contribution < -0.4 is 0 Å². The Morgan fingerprint density at radius 1 is 1.04 bits per heavy atom. The van der Waals surface area contributed by atoms with Crippen LogP contribution in [0.5, 0.6) is 0 Å². The van der Waals surface area contributed by atoms with E-state index in [9.17, 15) is 9.90 Å². The van der Waals surface area contributed by atoms with Gasteiger partial charge in [-0.2, -0.15) is 0 Å². The number of carboxylic acid groups (broad SMARTS) is 1. The monoisotopic (exact) mass is 373 g/mol. The Morgan fingerprint density at radius 2 is 1.70 bits per heavy atom. The van der Waals surface area contributed by atoms with Gasteiger partial charge in [0.1, 0.15) is 0 Å². The van der Waals surface area contributed by atoms with Crippen molar-refractivity contribution in [3.63, 3.8) is 0 Å². The quantitative estimate of drug-likeness (QED) is 0.866. The van der Waals surface area contributed by atoms with Crippen LogP contribution in [-0.2, 0) is 4.79 Å². The molecule has 2 aromatic carbocycles. The molecular formula is C19H20BrNO2. The number of benzene rings is 2. The van der Waals surface area contributed by atoms with Gasteiger partial charge < -0.3 is 5.11 Å². The summed E-state index contributed by atoms with van der Waals surface area (Å²) in [6.07, 6.45) is 1.43. The normalized spacial score (nSPS) is 17.8. The summed E-state index contributed by atoms with van der Waals surface area (Å²) in [7, 11) is 0. The Labute approximate surface area is 145 Å². The van der Waals surface area contributed by atoms with Gasteiger partial charge in [0, 0.05) is 4.47 Å². The van der Waals surface area contributed by atoms with E-state index < -0.39 is 5.97 Å². The zero-order chi connectivity index (χ0) is 16.2. The maximum Gasteiger partial charge on any atom is 0.306 e. The molecule has 120 valence electrons. The fourth-order valence-corrected chi connectivity index (χ4v) is 3.75. The van der Waals surface area contributed by atoms with E-state index in [1.54, 1.807) is 0 Å². The van der Waals surface area contributed by atoms with Gasteiger partial charge in [-0.1, -0.05) is 58.4 Å². The predicted molar refractivity (Wildman–Crippen MR) is 94.4 cm³/mol. The van der Waals surface area contributed by atoms with Crippen LogP contribution in [0.4, 0.5) is 0 Å². The van der Waals surface area contributed by atoms with Gasteiger partial charge in [0.25, 0.3) is 0 Å². The first-order chi connectivity index (χ1) is 11.1. The minimum absolute atomic E-state index is 0.170. The van der Waals surface area contributed by atoms with Gasteiger partial charge in [-0.25, -0.2) is 0 Å². The average molecular weight is 374 g/mol. The highest BCUT2D eigenvalue weighted by atomic mass is 79.9. The van der Waals surface area contributed by atoms with E-state index in [4.69, 9.17) is 0 Å². The van der Waals surface area contributed by atoms with Crippen molar-refractivity contribution in [2.75, 3.05) is 13.1 Å². The number of likely N-dealkylation sites (tertiary alicyclic amines) is 1. The van der Waals surface area contributed by atoms with E-state index in [1.165, 1.54) is 11.1 Å². The molecule has 0 aliphatic carbocycles. The smallest absolute Gasteiger partial charge is 0.306 e. The van der Waals surface area contributed by atoms with Crippen LogP contribution in [-0.4, -0.2) is 29.1 Å². The molecule has 0 bridgehead atoms. The summed E-state index contributed by atoms with van der Waals surface area (Å²) in [5.74, 6) is -0.867. The van der Waals surface area contributed by atoms with Crippen molar-refractivity contribution in [3.05, 3.63) is 70.2 Å². The molecule has 2 aromatic rings. The highest BCUT2D eigenvalue weighted by Crippen LogP contribution is 2.33. The molecule has 1 atom stereocenters. The summed E-state index contributed by atoms with van der Waals surface area (Å²) in [6.45, 7) is 1.62. The molecule has 1 heterocycles. The van der Waals surface area contributed by atoms with Gasteiger partial charge in [0.2, 0.25) is 0 Å². The second-order valence-electron chi connectivity index (χ2n) is 6.02. The molecular weight excluding hydrogens is 354 g/mol. The number of halogens is 1. The molecule has 0 saturated carbocycles. The average Bonchev–Trinajstić information content (AvgIpc) is 2.57. The first-order valence-corrected chi connectivity index (χ1v) is 8.71. The van der Waals surface area contributed by atoms with Crippen molar-refractivity contribution < 1.29 is 9.90 Å². The van der Waals surface area contributed by atoms with E-state index in [2.05, 4.69) is 63.3 Å². The molecule has 1 aliphatic heterocycles. The second kappa shape index (κ2) is 7.28. The Balaban J connectivity index is 1.89. The van der Waals surface area contributed by atoms with Crippen molar-refractivity contribution >= 4 is 21.9 Å². The number of hydrogen-bond donors (Lipinski definition) is 1. The number of rotatable bonds is 4. The van der Waals surface area contributed by atoms with E-state index in [0.717, 1.165) is 17.6 Å².